The fraction of sp³-hybridized carbons (Fsp3) is 0.346. The van der Waals surface area contributed by atoms with Gasteiger partial charge in [0, 0.05) is 31.5 Å². The minimum Gasteiger partial charge on any atom is -0.459 e. The van der Waals surface area contributed by atoms with Gasteiger partial charge in [-0.25, -0.2) is 0 Å². The second-order valence-electron chi connectivity index (χ2n) is 7.89. The number of nitrogens with zero attached hydrogens (tertiary/aromatic N) is 2. The van der Waals surface area contributed by atoms with E-state index in [4.69, 9.17) is 9.47 Å². The zero-order valence-electron chi connectivity index (χ0n) is 20.4. The van der Waals surface area contributed by atoms with Crippen LogP contribution in [0.1, 0.15) is 38.2 Å². The van der Waals surface area contributed by atoms with Crippen LogP contribution in [0.2, 0.25) is 0 Å². The first kappa shape index (κ1) is 27.9. The summed E-state index contributed by atoms with van der Waals surface area (Å²) in [5.74, 6) is -1.18. The molecular formula is C26H32ClN3O5. The van der Waals surface area contributed by atoms with Gasteiger partial charge < -0.3 is 24.3 Å². The van der Waals surface area contributed by atoms with Gasteiger partial charge >= 0.3 is 11.9 Å². The predicted octanol–water partition coefficient (Wildman–Crippen LogP) is 3.98. The normalized spacial score (nSPS) is 11.6. The van der Waals surface area contributed by atoms with Gasteiger partial charge in [-0.3, -0.25) is 14.4 Å². The van der Waals surface area contributed by atoms with E-state index in [1.165, 1.54) is 13.8 Å². The highest BCUT2D eigenvalue weighted by atomic mass is 35.5. The standard InChI is InChI=1S/C26H31N3O5.ClH/c1-5-28(6-2)17-21(33-18(3)30)16-27-26(32)24-25(34-19(4)31)22-14-10-11-15-23(22)29(24)20-12-8-7-9-13-20;/h7-15,21H,5-6,16-17H2,1-4H3,(H,27,32);1H. The van der Waals surface area contributed by atoms with E-state index in [2.05, 4.69) is 10.2 Å². The molecule has 8 nitrogen and oxygen atoms in total. The highest BCUT2D eigenvalue weighted by molar-refractivity contribution is 6.06. The summed E-state index contributed by atoms with van der Waals surface area (Å²) in [5, 5.41) is 3.53. The fourth-order valence-electron chi connectivity index (χ4n) is 3.95. The van der Waals surface area contributed by atoms with Gasteiger partial charge in [0.1, 0.15) is 6.10 Å². The van der Waals surface area contributed by atoms with Gasteiger partial charge in [0.2, 0.25) is 0 Å². The summed E-state index contributed by atoms with van der Waals surface area (Å²) in [6.07, 6.45) is -0.520. The molecule has 0 fully saturated rings. The first-order valence-electron chi connectivity index (χ1n) is 11.4. The van der Waals surface area contributed by atoms with Crippen LogP contribution in [0.3, 0.4) is 0 Å². The highest BCUT2D eigenvalue weighted by Gasteiger charge is 2.27. The molecular weight excluding hydrogens is 470 g/mol. The summed E-state index contributed by atoms with van der Waals surface area (Å²) in [6.45, 7) is 8.89. The maximum absolute atomic E-state index is 13.5. The van der Waals surface area contributed by atoms with Crippen LogP contribution < -0.4 is 10.1 Å². The average Bonchev–Trinajstić information content (AvgIpc) is 3.14. The van der Waals surface area contributed by atoms with Crippen LogP contribution in [-0.4, -0.2) is 59.6 Å². The lowest BCUT2D eigenvalue weighted by Gasteiger charge is -2.25. The number of carbonyl (C=O) groups is 3. The third-order valence-corrected chi connectivity index (χ3v) is 5.48. The van der Waals surface area contributed by atoms with Gasteiger partial charge in [-0.15, -0.1) is 12.4 Å². The molecule has 1 atom stereocenters. The van der Waals surface area contributed by atoms with Gasteiger partial charge in [0.15, 0.2) is 11.4 Å². The van der Waals surface area contributed by atoms with Crippen LogP contribution in [0.15, 0.2) is 54.6 Å². The molecule has 1 amide bonds. The molecule has 0 saturated heterocycles. The van der Waals surface area contributed by atoms with E-state index in [1.807, 2.05) is 68.4 Å². The van der Waals surface area contributed by atoms with Gasteiger partial charge in [0.25, 0.3) is 5.91 Å². The number of hydrogen-bond donors (Lipinski definition) is 1. The van der Waals surface area contributed by atoms with E-state index in [0.717, 1.165) is 24.3 Å². The highest BCUT2D eigenvalue weighted by Crippen LogP contribution is 2.36. The summed E-state index contributed by atoms with van der Waals surface area (Å²) in [5.41, 5.74) is 1.68. The van der Waals surface area contributed by atoms with Crippen molar-refractivity contribution >= 4 is 41.2 Å². The van der Waals surface area contributed by atoms with E-state index < -0.39 is 23.9 Å². The molecule has 1 N–H and O–H groups in total. The summed E-state index contributed by atoms with van der Waals surface area (Å²) in [7, 11) is 0. The van der Waals surface area contributed by atoms with Gasteiger partial charge in [-0.05, 0) is 37.4 Å². The number of benzene rings is 2. The SMILES string of the molecule is CCN(CC)CC(CNC(=O)c1c(OC(C)=O)c2ccccc2n1-c1ccccc1)OC(C)=O.Cl. The molecule has 0 bridgehead atoms. The number of carbonyl (C=O) groups excluding carboxylic acids is 3. The number of aromatic nitrogens is 1. The zero-order valence-corrected chi connectivity index (χ0v) is 21.3. The molecule has 0 saturated carbocycles. The summed E-state index contributed by atoms with van der Waals surface area (Å²) in [4.78, 5) is 39.2. The van der Waals surface area contributed by atoms with Crippen LogP contribution in [-0.2, 0) is 14.3 Å². The Morgan fingerprint density at radius 1 is 0.943 bits per heavy atom. The second kappa shape index (κ2) is 12.9. The van der Waals surface area contributed by atoms with Crippen molar-refractivity contribution in [1.82, 2.24) is 14.8 Å². The quantitative estimate of drug-likeness (QED) is 0.423. The molecule has 2 aromatic carbocycles. The molecule has 0 spiro atoms. The van der Waals surface area contributed by atoms with E-state index in [0.29, 0.717) is 11.9 Å². The smallest absolute Gasteiger partial charge is 0.308 e. The minimum atomic E-state index is -0.524. The third-order valence-electron chi connectivity index (χ3n) is 5.48. The van der Waals surface area contributed by atoms with E-state index in [1.54, 1.807) is 4.57 Å². The number of fused-ring (bicyclic) bond motifs is 1. The molecule has 0 aliphatic heterocycles. The van der Waals surface area contributed by atoms with Crippen molar-refractivity contribution in [2.45, 2.75) is 33.8 Å². The maximum atomic E-state index is 13.5. The third kappa shape index (κ3) is 6.83. The van der Waals surface area contributed by atoms with Crippen LogP contribution in [0.25, 0.3) is 16.6 Å². The monoisotopic (exact) mass is 501 g/mol. The Balaban J connectivity index is 0.00000432. The zero-order chi connectivity index (χ0) is 24.7. The van der Waals surface area contributed by atoms with Gasteiger partial charge in [-0.2, -0.15) is 0 Å². The van der Waals surface area contributed by atoms with Crippen molar-refractivity contribution in [2.24, 2.45) is 0 Å². The summed E-state index contributed by atoms with van der Waals surface area (Å²) < 4.78 is 12.8. The number of hydrogen-bond acceptors (Lipinski definition) is 6. The Labute approximate surface area is 211 Å². The largest absolute Gasteiger partial charge is 0.459 e. The van der Waals surface area contributed by atoms with Gasteiger partial charge in [-0.1, -0.05) is 44.2 Å². The predicted molar refractivity (Wildman–Crippen MR) is 138 cm³/mol. The molecule has 1 heterocycles. The number of esters is 2. The topological polar surface area (TPSA) is 89.9 Å². The number of para-hydroxylation sites is 2. The minimum absolute atomic E-state index is 0. The van der Waals surface area contributed by atoms with E-state index >= 15 is 0 Å². The molecule has 3 aromatic rings. The average molecular weight is 502 g/mol. The summed E-state index contributed by atoms with van der Waals surface area (Å²) in [6, 6.07) is 16.8. The lowest BCUT2D eigenvalue weighted by Crippen LogP contribution is -2.42. The van der Waals surface area contributed by atoms with E-state index in [9.17, 15) is 14.4 Å². The number of ether oxygens (including phenoxy) is 2. The van der Waals surface area contributed by atoms with Crippen molar-refractivity contribution < 1.29 is 23.9 Å². The Bertz CT molecular complexity index is 1160. The second-order valence-corrected chi connectivity index (χ2v) is 7.89. The Morgan fingerprint density at radius 2 is 1.57 bits per heavy atom. The molecule has 0 aliphatic rings. The Kier molecular flexibility index (Phi) is 10.3. The molecule has 1 unspecified atom stereocenters. The Morgan fingerprint density at radius 3 is 2.17 bits per heavy atom. The van der Waals surface area contributed by atoms with Crippen molar-refractivity contribution in [3.05, 3.63) is 60.3 Å². The molecule has 9 heteroatoms. The molecule has 1 aromatic heterocycles. The van der Waals surface area contributed by atoms with Crippen LogP contribution in [0.4, 0.5) is 0 Å². The van der Waals surface area contributed by atoms with Crippen molar-refractivity contribution in [2.75, 3.05) is 26.2 Å². The number of likely N-dealkylation sites (N-methyl/N-ethyl adjacent to an activating group) is 1. The van der Waals surface area contributed by atoms with Crippen LogP contribution in [0, 0.1) is 0 Å². The van der Waals surface area contributed by atoms with Crippen molar-refractivity contribution in [3.8, 4) is 11.4 Å². The first-order chi connectivity index (χ1) is 16.3. The van der Waals surface area contributed by atoms with Crippen molar-refractivity contribution in [3.63, 3.8) is 0 Å². The molecule has 0 aliphatic carbocycles. The number of halogens is 1. The number of nitrogens with one attached hydrogen (secondary N) is 1. The number of rotatable bonds is 10. The fourth-order valence-corrected chi connectivity index (χ4v) is 3.95. The van der Waals surface area contributed by atoms with Crippen LogP contribution >= 0.6 is 12.4 Å². The first-order valence-corrected chi connectivity index (χ1v) is 11.4. The number of amides is 1. The van der Waals surface area contributed by atoms with Gasteiger partial charge in [0.05, 0.1) is 12.1 Å². The molecule has 188 valence electrons. The molecule has 3 rings (SSSR count). The molecule has 0 radical (unpaired) electrons. The molecule has 35 heavy (non-hydrogen) atoms. The summed E-state index contributed by atoms with van der Waals surface area (Å²) >= 11 is 0. The maximum Gasteiger partial charge on any atom is 0.308 e. The Hall–Kier alpha value is -3.36. The van der Waals surface area contributed by atoms with E-state index in [-0.39, 0.29) is 30.4 Å². The lowest BCUT2D eigenvalue weighted by molar-refractivity contribution is -0.147. The lowest BCUT2D eigenvalue weighted by atomic mass is 10.2. The van der Waals surface area contributed by atoms with Crippen LogP contribution in [0.5, 0.6) is 5.75 Å². The van der Waals surface area contributed by atoms with Crippen molar-refractivity contribution in [1.29, 1.82) is 0 Å².